The van der Waals surface area contributed by atoms with Gasteiger partial charge in [0.15, 0.2) is 12.6 Å². The highest BCUT2D eigenvalue weighted by atomic mass is 19.1. The van der Waals surface area contributed by atoms with Crippen molar-refractivity contribution in [2.24, 2.45) is 0 Å². The molecular formula is C22H29FN4O2+2. The lowest BCUT2D eigenvalue weighted by molar-refractivity contribution is -1.01. The number of para-hydroxylation sites is 1. The predicted molar refractivity (Wildman–Crippen MR) is 111 cm³/mol. The number of hydrogen-bond donors (Lipinski definition) is 3. The number of quaternary nitrogens is 2. The van der Waals surface area contributed by atoms with E-state index in [-0.39, 0.29) is 23.7 Å². The molecule has 1 heterocycles. The molecule has 1 aliphatic rings. The van der Waals surface area contributed by atoms with Gasteiger partial charge in [0.2, 0.25) is 0 Å². The molecule has 0 aliphatic carbocycles. The molecule has 2 amide bonds. The van der Waals surface area contributed by atoms with Gasteiger partial charge in [0.05, 0.1) is 0 Å². The van der Waals surface area contributed by atoms with Crippen LogP contribution in [0.15, 0.2) is 54.6 Å². The molecule has 1 saturated heterocycles. The van der Waals surface area contributed by atoms with Gasteiger partial charge in [-0.25, -0.2) is 4.39 Å². The Morgan fingerprint density at radius 1 is 1.03 bits per heavy atom. The van der Waals surface area contributed by atoms with Gasteiger partial charge < -0.3 is 20.0 Å². The lowest BCUT2D eigenvalue weighted by Crippen LogP contribution is -3.30. The zero-order valence-electron chi connectivity index (χ0n) is 17.0. The number of benzene rings is 2. The molecule has 3 N–H and O–H groups in total. The minimum Gasteiger partial charge on any atom is -0.321 e. The summed E-state index contributed by atoms with van der Waals surface area (Å²) in [4.78, 5) is 29.2. The maximum Gasteiger partial charge on any atom is 0.284 e. The molecule has 2 aromatic carbocycles. The molecule has 1 aliphatic heterocycles. The van der Waals surface area contributed by atoms with Gasteiger partial charge in [-0.2, -0.15) is 0 Å². The summed E-state index contributed by atoms with van der Waals surface area (Å²) >= 11 is 0. The largest absolute Gasteiger partial charge is 0.321 e. The monoisotopic (exact) mass is 400 g/mol. The number of carbonyl (C=O) groups excluding carboxylic acids is 2. The Kier molecular flexibility index (Phi) is 6.95. The maximum atomic E-state index is 13.0. The third-order valence-electron chi connectivity index (χ3n) is 5.59. The molecule has 6 nitrogen and oxygen atoms in total. The molecule has 0 saturated carbocycles. The summed E-state index contributed by atoms with van der Waals surface area (Å²) in [6.07, 6.45) is 0. The normalized spacial score (nSPS) is 20.0. The van der Waals surface area contributed by atoms with Crippen LogP contribution < -0.4 is 20.0 Å². The van der Waals surface area contributed by atoms with Crippen molar-refractivity contribution in [3.05, 3.63) is 60.4 Å². The van der Waals surface area contributed by atoms with Crippen molar-refractivity contribution in [1.29, 1.82) is 0 Å². The average Bonchev–Trinajstić information content (AvgIpc) is 2.75. The van der Waals surface area contributed by atoms with Crippen molar-refractivity contribution in [3.8, 4) is 0 Å². The summed E-state index contributed by atoms with van der Waals surface area (Å²) in [6, 6.07) is 15.3. The second kappa shape index (κ2) is 9.62. The van der Waals surface area contributed by atoms with Gasteiger partial charge in [0.1, 0.15) is 32.0 Å². The Morgan fingerprint density at radius 2 is 1.66 bits per heavy atom. The van der Waals surface area contributed by atoms with E-state index in [0.717, 1.165) is 31.9 Å². The van der Waals surface area contributed by atoms with Crippen molar-refractivity contribution in [2.75, 3.05) is 50.0 Å². The highest BCUT2D eigenvalue weighted by molar-refractivity contribution is 5.95. The van der Waals surface area contributed by atoms with Crippen LogP contribution in [0.25, 0.3) is 0 Å². The molecular weight excluding hydrogens is 371 g/mol. The second-order valence-electron chi connectivity index (χ2n) is 7.59. The summed E-state index contributed by atoms with van der Waals surface area (Å²) in [6.45, 7) is 5.70. The van der Waals surface area contributed by atoms with E-state index in [1.165, 1.54) is 21.9 Å². The third kappa shape index (κ3) is 5.62. The van der Waals surface area contributed by atoms with Crippen LogP contribution in [0, 0.1) is 5.82 Å². The first-order valence-corrected chi connectivity index (χ1v) is 10.00. The van der Waals surface area contributed by atoms with Crippen molar-refractivity contribution in [1.82, 2.24) is 0 Å². The highest BCUT2D eigenvalue weighted by Crippen LogP contribution is 2.11. The molecule has 1 atom stereocenters. The number of halogens is 1. The predicted octanol–water partition coefficient (Wildman–Crippen LogP) is -0.401. The fourth-order valence-electron chi connectivity index (χ4n) is 3.74. The number of amides is 2. The first-order valence-electron chi connectivity index (χ1n) is 10.00. The number of carbonyl (C=O) groups is 2. The Bertz CT molecular complexity index is 820. The quantitative estimate of drug-likeness (QED) is 0.618. The van der Waals surface area contributed by atoms with Gasteiger partial charge in [0.25, 0.3) is 11.8 Å². The minimum atomic E-state index is -0.325. The van der Waals surface area contributed by atoms with Crippen LogP contribution in [0.3, 0.4) is 0 Å². The van der Waals surface area contributed by atoms with Crippen LogP contribution in [-0.4, -0.2) is 57.6 Å². The number of nitrogens with one attached hydrogen (secondary N) is 3. The number of anilines is 2. The van der Waals surface area contributed by atoms with Gasteiger partial charge in [-0.15, -0.1) is 0 Å². The fraction of sp³-hybridized carbons (Fsp3) is 0.364. The van der Waals surface area contributed by atoms with E-state index in [2.05, 4.69) is 5.32 Å². The number of likely N-dealkylation sites (N-methyl/N-ethyl adjacent to an activating group) is 1. The van der Waals surface area contributed by atoms with Crippen molar-refractivity contribution >= 4 is 23.2 Å². The Balaban J connectivity index is 1.46. The molecule has 29 heavy (non-hydrogen) atoms. The molecule has 0 aromatic heterocycles. The van der Waals surface area contributed by atoms with Crippen LogP contribution in [0.2, 0.25) is 0 Å². The SMILES string of the molecule is C[C@H](C(=O)N(C)c1ccccc1)[NH+]1CC[NH+](CC(=O)Nc2ccc(F)cc2)CC1. The molecule has 1 fully saturated rings. The number of rotatable bonds is 6. The van der Waals surface area contributed by atoms with E-state index in [1.54, 1.807) is 17.0 Å². The molecule has 154 valence electrons. The molecule has 0 unspecified atom stereocenters. The number of nitrogens with zero attached hydrogens (tertiary/aromatic N) is 1. The van der Waals surface area contributed by atoms with E-state index in [9.17, 15) is 14.0 Å². The first kappa shape index (κ1) is 21.0. The van der Waals surface area contributed by atoms with E-state index < -0.39 is 0 Å². The number of hydrogen-bond acceptors (Lipinski definition) is 2. The summed E-state index contributed by atoms with van der Waals surface area (Å²) in [5.74, 6) is -0.305. The Hall–Kier alpha value is -2.77. The lowest BCUT2D eigenvalue weighted by atomic mass is 10.2. The summed E-state index contributed by atoms with van der Waals surface area (Å²) in [7, 11) is 1.81. The minimum absolute atomic E-state index is 0.0806. The van der Waals surface area contributed by atoms with Crippen molar-refractivity contribution in [3.63, 3.8) is 0 Å². The Morgan fingerprint density at radius 3 is 2.28 bits per heavy atom. The summed E-state index contributed by atoms with van der Waals surface area (Å²) in [5.41, 5.74) is 1.49. The molecule has 0 radical (unpaired) electrons. The van der Waals surface area contributed by atoms with Gasteiger partial charge in [-0.05, 0) is 43.3 Å². The van der Waals surface area contributed by atoms with E-state index in [0.29, 0.717) is 12.2 Å². The zero-order valence-corrected chi connectivity index (χ0v) is 17.0. The van der Waals surface area contributed by atoms with E-state index >= 15 is 0 Å². The molecule has 0 spiro atoms. The molecule has 2 aromatic rings. The van der Waals surface area contributed by atoms with Crippen LogP contribution in [0.5, 0.6) is 0 Å². The topological polar surface area (TPSA) is 58.3 Å². The van der Waals surface area contributed by atoms with E-state index in [4.69, 9.17) is 0 Å². The van der Waals surface area contributed by atoms with Gasteiger partial charge in [-0.3, -0.25) is 9.59 Å². The second-order valence-corrected chi connectivity index (χ2v) is 7.59. The molecule has 3 rings (SSSR count). The number of piperazine rings is 1. The van der Waals surface area contributed by atoms with Crippen LogP contribution >= 0.6 is 0 Å². The third-order valence-corrected chi connectivity index (χ3v) is 5.59. The standard InChI is InChI=1S/C22H27FN4O2/c1-17(22(29)25(2)20-6-4-3-5-7-20)27-14-12-26(13-15-27)16-21(28)24-19-10-8-18(23)9-11-19/h3-11,17H,12-16H2,1-2H3,(H,24,28)/p+2/t17-/m1/s1. The lowest BCUT2D eigenvalue weighted by Gasteiger charge is -2.33. The summed E-state index contributed by atoms with van der Waals surface area (Å²) in [5, 5.41) is 2.81. The average molecular weight is 400 g/mol. The molecule has 7 heteroatoms. The fourth-order valence-corrected chi connectivity index (χ4v) is 3.74. The van der Waals surface area contributed by atoms with Gasteiger partial charge in [-0.1, -0.05) is 18.2 Å². The van der Waals surface area contributed by atoms with Crippen molar-refractivity contribution in [2.45, 2.75) is 13.0 Å². The van der Waals surface area contributed by atoms with Crippen LogP contribution in [0.1, 0.15) is 6.92 Å². The van der Waals surface area contributed by atoms with Gasteiger partial charge >= 0.3 is 0 Å². The smallest absolute Gasteiger partial charge is 0.284 e. The highest BCUT2D eigenvalue weighted by Gasteiger charge is 2.33. The van der Waals surface area contributed by atoms with Gasteiger partial charge in [0, 0.05) is 18.4 Å². The maximum absolute atomic E-state index is 13.0. The van der Waals surface area contributed by atoms with Crippen molar-refractivity contribution < 1.29 is 23.8 Å². The van der Waals surface area contributed by atoms with E-state index in [1.807, 2.05) is 44.3 Å². The summed E-state index contributed by atoms with van der Waals surface area (Å²) < 4.78 is 13.0. The van der Waals surface area contributed by atoms with Crippen LogP contribution in [0.4, 0.5) is 15.8 Å². The van der Waals surface area contributed by atoms with Crippen LogP contribution in [-0.2, 0) is 9.59 Å². The first-order chi connectivity index (χ1) is 13.9. The molecule has 0 bridgehead atoms. The zero-order chi connectivity index (χ0) is 20.8. The Labute approximate surface area is 170 Å².